The first-order valence-corrected chi connectivity index (χ1v) is 24.0. The summed E-state index contributed by atoms with van der Waals surface area (Å²) in [5, 5.41) is 14.9. The van der Waals surface area contributed by atoms with Gasteiger partial charge in [-0.05, 0) is 113 Å². The molecule has 0 radical (unpaired) electrons. The predicted octanol–water partition coefficient (Wildman–Crippen LogP) is 7.82. The third-order valence-electron chi connectivity index (χ3n) is 15.6. The van der Waals surface area contributed by atoms with Crippen LogP contribution < -0.4 is 20.3 Å². The molecule has 4 aromatic heterocycles. The van der Waals surface area contributed by atoms with Crippen molar-refractivity contribution in [3.63, 3.8) is 0 Å². The lowest BCUT2D eigenvalue weighted by Crippen LogP contribution is -2.42. The smallest absolute Gasteiger partial charge is 0.438 e. The summed E-state index contributed by atoms with van der Waals surface area (Å²) < 4.78 is 60.1. The number of aromatic amines is 1. The van der Waals surface area contributed by atoms with E-state index in [4.69, 9.17) is 23.8 Å². The number of aryl methyl sites for hydroxylation is 2. The van der Waals surface area contributed by atoms with Crippen LogP contribution in [0.5, 0.6) is 5.75 Å². The van der Waals surface area contributed by atoms with Crippen LogP contribution in [0.15, 0.2) is 58.0 Å². The van der Waals surface area contributed by atoms with Gasteiger partial charge in [0.15, 0.2) is 11.6 Å². The Morgan fingerprint density at radius 2 is 1.80 bits per heavy atom. The molecule has 364 valence electrons. The van der Waals surface area contributed by atoms with Crippen molar-refractivity contribution in [3.8, 4) is 11.4 Å². The van der Waals surface area contributed by atoms with Crippen molar-refractivity contribution >= 4 is 45.2 Å². The summed E-state index contributed by atoms with van der Waals surface area (Å²) in [6, 6.07) is 11.7. The average Bonchev–Trinajstić information content (AvgIpc) is 3.96. The molecule has 8 heterocycles. The minimum atomic E-state index is -0.867. The Balaban J connectivity index is 0.972. The molecule has 17 nitrogen and oxygen atoms in total. The van der Waals surface area contributed by atoms with Crippen LogP contribution in [0.3, 0.4) is 0 Å². The number of carbonyl (C=O) groups is 2. The lowest BCUT2D eigenvalue weighted by molar-refractivity contribution is -0.0592. The van der Waals surface area contributed by atoms with Crippen LogP contribution in [0.25, 0.3) is 27.5 Å². The lowest BCUT2D eigenvalue weighted by atomic mass is 9.83. The van der Waals surface area contributed by atoms with E-state index in [9.17, 15) is 4.79 Å². The molecular weight excluding hydrogens is 903 g/mol. The van der Waals surface area contributed by atoms with Crippen molar-refractivity contribution in [1.82, 2.24) is 39.2 Å². The number of carbonyl (C=O) groups excluding carboxylic acids is 2. The van der Waals surface area contributed by atoms with Gasteiger partial charge in [0.05, 0.1) is 65.9 Å². The standard InChI is InChI=1S/C51H54F2N10O7/c1-26-16-33(17-27(2)42(26)52)63-45(59-24-34-25-68-40-20-38-35(23-54-60(38)13-15-67-7)43(53)44(40)61(34)49(59)66)41-29(4)58(12-10-36(41)56-63)46(64)39-19-32-18-30(31-11-14-69-50(5,6)22-31)8-9-37(32)62(39)51(21-28(51)3)47-55-48(65)70-57-47/h8-9,16-20,23,28-29,31,34H,10-15,21-22,24-25H2,1-7H3,(H,55,57,65)/t28-,29-,31-,34+,51-/m0/s1. The Hall–Kier alpha value is -6.86. The summed E-state index contributed by atoms with van der Waals surface area (Å²) in [6.07, 6.45) is 4.12. The quantitative estimate of drug-likeness (QED) is 0.151. The van der Waals surface area contributed by atoms with Crippen LogP contribution in [0, 0.1) is 31.4 Å². The van der Waals surface area contributed by atoms with Gasteiger partial charge in [-0.25, -0.2) is 23.1 Å². The molecule has 3 aromatic carbocycles. The van der Waals surface area contributed by atoms with Crippen LogP contribution in [0.1, 0.15) is 103 Å². The molecular formula is C51H54F2N10O7. The van der Waals surface area contributed by atoms with Crippen molar-refractivity contribution < 1.29 is 37.1 Å². The number of methoxy groups -OCH3 is 1. The van der Waals surface area contributed by atoms with Crippen LogP contribution in [-0.4, -0.2) is 103 Å². The van der Waals surface area contributed by atoms with E-state index < -0.39 is 35.2 Å². The number of benzene rings is 3. The average molecular weight is 957 g/mol. The summed E-state index contributed by atoms with van der Waals surface area (Å²) in [4.78, 5) is 51.1. The number of H-pyrrole nitrogens is 1. The number of amides is 3. The first-order valence-electron chi connectivity index (χ1n) is 24.0. The van der Waals surface area contributed by atoms with Crippen molar-refractivity contribution in [2.24, 2.45) is 5.92 Å². The first kappa shape index (κ1) is 44.4. The number of nitrogens with one attached hydrogen (secondary N) is 1. The molecule has 7 aromatic rings. The van der Waals surface area contributed by atoms with Crippen molar-refractivity contribution in [2.45, 2.75) is 103 Å². The van der Waals surface area contributed by atoms with E-state index in [1.54, 1.807) is 53.4 Å². The highest BCUT2D eigenvalue weighted by Crippen LogP contribution is 2.56. The zero-order valence-electron chi connectivity index (χ0n) is 40.1. The molecule has 2 saturated heterocycles. The van der Waals surface area contributed by atoms with Gasteiger partial charge in [0.2, 0.25) is 0 Å². The molecule has 0 unspecified atom stereocenters. The largest absolute Gasteiger partial charge is 0.489 e. The molecule has 0 bridgehead atoms. The number of fused-ring (bicyclic) bond motifs is 6. The number of hydrogen-bond donors (Lipinski definition) is 1. The second-order valence-corrected chi connectivity index (χ2v) is 20.4. The summed E-state index contributed by atoms with van der Waals surface area (Å²) in [7, 11) is 1.58. The molecule has 1 N–H and O–H groups in total. The van der Waals surface area contributed by atoms with Gasteiger partial charge in [0, 0.05) is 49.2 Å². The van der Waals surface area contributed by atoms with Crippen LogP contribution in [0.4, 0.5) is 25.1 Å². The van der Waals surface area contributed by atoms with E-state index in [-0.39, 0.29) is 59.1 Å². The lowest BCUT2D eigenvalue weighted by Gasteiger charge is -2.35. The Labute approximate surface area is 400 Å². The number of nitrogens with zero attached hydrogens (tertiary/aromatic N) is 9. The number of urea groups is 1. The zero-order chi connectivity index (χ0) is 48.7. The Bertz CT molecular complexity index is 3360. The van der Waals surface area contributed by atoms with E-state index in [0.29, 0.717) is 90.1 Å². The highest BCUT2D eigenvalue weighted by Gasteiger charge is 2.59. The minimum absolute atomic E-state index is 0.00851. The predicted molar refractivity (Wildman–Crippen MR) is 254 cm³/mol. The summed E-state index contributed by atoms with van der Waals surface area (Å²) in [5.74, 6) is -0.692. The molecule has 1 saturated carbocycles. The maximum atomic E-state index is 16.8. The maximum absolute atomic E-state index is 16.8. The summed E-state index contributed by atoms with van der Waals surface area (Å²) in [6.45, 7) is 13.5. The molecule has 19 heteroatoms. The van der Waals surface area contributed by atoms with E-state index in [1.807, 2.05) is 22.5 Å². The van der Waals surface area contributed by atoms with Crippen LogP contribution in [0.2, 0.25) is 0 Å². The second kappa shape index (κ2) is 15.8. The number of hydrogen-bond acceptors (Lipinski definition) is 10. The molecule has 3 fully saturated rings. The fourth-order valence-corrected chi connectivity index (χ4v) is 12.0. The number of aromatic nitrogens is 7. The fourth-order valence-electron chi connectivity index (χ4n) is 12.0. The normalized spacial score (nSPS) is 23.8. The Morgan fingerprint density at radius 1 is 1.01 bits per heavy atom. The molecule has 70 heavy (non-hydrogen) atoms. The molecule has 0 spiro atoms. The topological polar surface area (TPSA) is 171 Å². The van der Waals surface area contributed by atoms with Gasteiger partial charge in [0.25, 0.3) is 5.91 Å². The number of anilines is 2. The molecule has 3 amide bonds. The number of rotatable bonds is 9. The molecule has 4 aliphatic heterocycles. The van der Waals surface area contributed by atoms with Crippen LogP contribution >= 0.6 is 0 Å². The minimum Gasteiger partial charge on any atom is -0.489 e. The van der Waals surface area contributed by atoms with Crippen molar-refractivity contribution in [2.75, 3.05) is 49.8 Å². The van der Waals surface area contributed by atoms with Crippen molar-refractivity contribution in [1.29, 1.82) is 0 Å². The van der Waals surface area contributed by atoms with Gasteiger partial charge < -0.3 is 23.7 Å². The SMILES string of the molecule is COCCn1ncc2c(F)c3c(cc21)OC[C@H]1CN(c2c4c(nn2-c2cc(C)c(F)c(C)c2)CCN(C(=O)c2cc5cc([C@H]6CCOC(C)(C)C6)ccc5n2[C@@]2(c5noc(=O)[nH]5)C[C@@H]2C)[C@H]4C)C(=O)N31. The van der Waals surface area contributed by atoms with E-state index in [1.165, 1.54) is 11.1 Å². The number of halogens is 2. The first-order chi connectivity index (χ1) is 33.6. The Kier molecular flexibility index (Phi) is 10.0. The van der Waals surface area contributed by atoms with Gasteiger partial charge in [-0.15, -0.1) is 0 Å². The third kappa shape index (κ3) is 6.59. The van der Waals surface area contributed by atoms with E-state index >= 15 is 18.4 Å². The molecule has 5 atom stereocenters. The highest BCUT2D eigenvalue weighted by atomic mass is 19.1. The van der Waals surface area contributed by atoms with Gasteiger partial charge in [0.1, 0.15) is 40.9 Å². The van der Waals surface area contributed by atoms with Gasteiger partial charge in [-0.1, -0.05) is 18.1 Å². The summed E-state index contributed by atoms with van der Waals surface area (Å²) in [5.41, 5.74) is 4.45. The molecule has 12 rings (SSSR count). The zero-order valence-corrected chi connectivity index (χ0v) is 40.1. The summed E-state index contributed by atoms with van der Waals surface area (Å²) >= 11 is 0. The molecule has 1 aliphatic carbocycles. The number of ether oxygens (including phenoxy) is 3. The fraction of sp³-hybridized carbons (Fsp3) is 0.451. The van der Waals surface area contributed by atoms with Gasteiger partial charge >= 0.3 is 11.8 Å². The Morgan fingerprint density at radius 3 is 2.51 bits per heavy atom. The second-order valence-electron chi connectivity index (χ2n) is 20.4. The van der Waals surface area contributed by atoms with E-state index in [0.717, 1.165) is 29.3 Å². The maximum Gasteiger partial charge on any atom is 0.438 e. The van der Waals surface area contributed by atoms with Gasteiger partial charge in [-0.3, -0.25) is 28.8 Å². The highest BCUT2D eigenvalue weighted by molar-refractivity contribution is 6.10. The molecule has 5 aliphatic rings. The van der Waals surface area contributed by atoms with E-state index in [2.05, 4.69) is 54.2 Å². The van der Waals surface area contributed by atoms with Gasteiger partial charge in [-0.2, -0.15) is 10.2 Å². The monoisotopic (exact) mass is 956 g/mol. The van der Waals surface area contributed by atoms with Crippen molar-refractivity contribution in [3.05, 3.63) is 110 Å². The van der Waals surface area contributed by atoms with Crippen LogP contribution in [-0.2, 0) is 28.0 Å². The third-order valence-corrected chi connectivity index (χ3v) is 15.6.